The number of benzene rings is 1. The highest BCUT2D eigenvalue weighted by Crippen LogP contribution is 2.26. The third-order valence-electron chi connectivity index (χ3n) is 2.70. The Balaban J connectivity index is 2.34. The van der Waals surface area contributed by atoms with Crippen LogP contribution in [0.4, 0.5) is 0 Å². The van der Waals surface area contributed by atoms with Crippen LogP contribution in [0.25, 0.3) is 6.08 Å². The Bertz CT molecular complexity index is 660. The highest BCUT2D eigenvalue weighted by atomic mass is 79.9. The number of carbonyl (C=O) groups excluding carboxylic acids is 2. The molecule has 110 valence electrons. The van der Waals surface area contributed by atoms with E-state index in [1.807, 2.05) is 0 Å². The van der Waals surface area contributed by atoms with Gasteiger partial charge in [-0.05, 0) is 36.5 Å². The number of ether oxygens (including phenoxy) is 1. The molecule has 0 spiro atoms. The van der Waals surface area contributed by atoms with E-state index in [4.69, 9.17) is 17.0 Å². The molecular formula is C13H10BrN2O4S-. The fourth-order valence-corrected chi connectivity index (χ4v) is 2.25. The number of nitrogens with zero attached hydrogens (tertiary/aromatic N) is 1. The summed E-state index contributed by atoms with van der Waals surface area (Å²) in [7, 11) is 1.56. The summed E-state index contributed by atoms with van der Waals surface area (Å²) in [6.07, 6.45) is 1.55. The molecule has 1 aliphatic rings. The van der Waals surface area contributed by atoms with Crippen molar-refractivity contribution in [2.75, 3.05) is 13.7 Å². The molecule has 0 aliphatic carbocycles. The summed E-state index contributed by atoms with van der Waals surface area (Å²) in [5, 5.41) is 13.6. The first-order chi connectivity index (χ1) is 9.88. The van der Waals surface area contributed by atoms with Crippen LogP contribution in [0.2, 0.25) is 0 Å². The average molecular weight is 370 g/mol. The number of hydrogen-bond donors (Lipinski definition) is 1. The van der Waals surface area contributed by atoms with Crippen LogP contribution in [-0.2, 0) is 9.59 Å². The number of halogens is 1. The van der Waals surface area contributed by atoms with Gasteiger partial charge in [0, 0.05) is 17.1 Å². The Morgan fingerprint density at radius 3 is 2.86 bits per heavy atom. The summed E-state index contributed by atoms with van der Waals surface area (Å²) in [6.45, 7) is -0.572. The minimum absolute atomic E-state index is 0.272. The molecule has 21 heavy (non-hydrogen) atoms. The predicted octanol–water partition coefficient (Wildman–Crippen LogP) is 0.265. The molecule has 1 fully saturated rings. The van der Waals surface area contributed by atoms with Gasteiger partial charge in [0.25, 0.3) is 5.91 Å². The zero-order valence-electron chi connectivity index (χ0n) is 10.9. The van der Waals surface area contributed by atoms with Crippen LogP contribution < -0.4 is 15.2 Å². The molecule has 0 saturated carbocycles. The largest absolute Gasteiger partial charge is 0.546 e. The topological polar surface area (TPSA) is 81.7 Å². The lowest BCUT2D eigenvalue weighted by atomic mass is 10.1. The van der Waals surface area contributed by atoms with E-state index in [9.17, 15) is 14.7 Å². The Labute approximate surface area is 134 Å². The molecule has 6 nitrogen and oxygen atoms in total. The molecule has 1 N–H and O–H groups in total. The van der Waals surface area contributed by atoms with Gasteiger partial charge in [0.15, 0.2) is 5.11 Å². The molecule has 0 atom stereocenters. The lowest BCUT2D eigenvalue weighted by molar-refractivity contribution is -0.307. The van der Waals surface area contributed by atoms with Crippen LogP contribution in [0.1, 0.15) is 5.56 Å². The molecule has 1 heterocycles. The van der Waals surface area contributed by atoms with E-state index in [1.165, 1.54) is 4.90 Å². The molecule has 1 aliphatic heterocycles. The highest BCUT2D eigenvalue weighted by Gasteiger charge is 2.27. The molecule has 1 saturated heterocycles. The maximum Gasteiger partial charge on any atom is 0.276 e. The standard InChI is InChI=1S/C13H11BrN2O4S/c1-16-12(19)9(15-13(16)21)5-7-4-8(14)2-3-10(7)20-6-11(17)18/h2-5H,6H2,1H3,(H,15,21)(H,17,18)/p-1/b9-5-. The van der Waals surface area contributed by atoms with Gasteiger partial charge in [-0.1, -0.05) is 15.9 Å². The summed E-state index contributed by atoms with van der Waals surface area (Å²) >= 11 is 8.29. The minimum Gasteiger partial charge on any atom is -0.546 e. The van der Waals surface area contributed by atoms with Crippen molar-refractivity contribution < 1.29 is 19.4 Å². The molecule has 1 aromatic rings. The van der Waals surface area contributed by atoms with Crippen molar-refractivity contribution in [2.45, 2.75) is 0 Å². The van der Waals surface area contributed by atoms with Crippen LogP contribution in [0.5, 0.6) is 5.75 Å². The molecule has 0 aromatic heterocycles. The van der Waals surface area contributed by atoms with Gasteiger partial charge in [-0.25, -0.2) is 0 Å². The quantitative estimate of drug-likeness (QED) is 0.605. The van der Waals surface area contributed by atoms with Crippen LogP contribution in [0.15, 0.2) is 28.4 Å². The molecule has 2 rings (SSSR count). The van der Waals surface area contributed by atoms with Gasteiger partial charge in [0.2, 0.25) is 0 Å². The molecule has 0 unspecified atom stereocenters. The number of likely N-dealkylation sites (N-methyl/N-ethyl adjacent to an activating group) is 1. The van der Waals surface area contributed by atoms with Gasteiger partial charge >= 0.3 is 0 Å². The molecule has 0 radical (unpaired) electrons. The average Bonchev–Trinajstić information content (AvgIpc) is 2.65. The van der Waals surface area contributed by atoms with Gasteiger partial charge < -0.3 is 20.0 Å². The number of aliphatic carboxylic acids is 1. The lowest BCUT2D eigenvalue weighted by Crippen LogP contribution is -2.29. The van der Waals surface area contributed by atoms with Gasteiger partial charge in [-0.15, -0.1) is 0 Å². The van der Waals surface area contributed by atoms with Crippen molar-refractivity contribution >= 4 is 51.2 Å². The zero-order chi connectivity index (χ0) is 15.6. The van der Waals surface area contributed by atoms with E-state index in [2.05, 4.69) is 21.2 Å². The maximum absolute atomic E-state index is 11.9. The first-order valence-corrected chi connectivity index (χ1v) is 7.01. The SMILES string of the molecule is CN1C(=O)/C(=C/c2cc(Br)ccc2OCC(=O)[O-])NC1=S. The van der Waals surface area contributed by atoms with Crippen molar-refractivity contribution in [3.8, 4) is 5.75 Å². The van der Waals surface area contributed by atoms with Crippen molar-refractivity contribution in [1.82, 2.24) is 10.2 Å². The number of amides is 1. The first kappa shape index (κ1) is 15.5. The Morgan fingerprint density at radius 1 is 1.57 bits per heavy atom. The highest BCUT2D eigenvalue weighted by molar-refractivity contribution is 9.10. The first-order valence-electron chi connectivity index (χ1n) is 5.81. The van der Waals surface area contributed by atoms with Crippen molar-refractivity contribution in [2.24, 2.45) is 0 Å². The summed E-state index contributed by atoms with van der Waals surface area (Å²) < 4.78 is 5.90. The second kappa shape index (κ2) is 6.23. The van der Waals surface area contributed by atoms with Crippen LogP contribution in [0, 0.1) is 0 Å². The van der Waals surface area contributed by atoms with Crippen molar-refractivity contribution in [3.05, 3.63) is 33.9 Å². The number of carbonyl (C=O) groups is 2. The number of hydrogen-bond acceptors (Lipinski definition) is 5. The summed E-state index contributed by atoms with van der Waals surface area (Å²) in [4.78, 5) is 23.7. The predicted molar refractivity (Wildman–Crippen MR) is 81.1 cm³/mol. The van der Waals surface area contributed by atoms with E-state index in [-0.39, 0.29) is 5.91 Å². The Morgan fingerprint density at radius 2 is 2.29 bits per heavy atom. The Hall–Kier alpha value is -1.93. The molecule has 1 aromatic carbocycles. The molecule has 1 amide bonds. The summed E-state index contributed by atoms with van der Waals surface area (Å²) in [6, 6.07) is 5.00. The number of thiocarbonyl (C=S) groups is 1. The minimum atomic E-state index is -1.33. The van der Waals surface area contributed by atoms with Crippen LogP contribution >= 0.6 is 28.1 Å². The summed E-state index contributed by atoms with van der Waals surface area (Å²) in [5.41, 5.74) is 0.832. The smallest absolute Gasteiger partial charge is 0.276 e. The van der Waals surface area contributed by atoms with Gasteiger partial charge in [0.05, 0.1) is 5.97 Å². The van der Waals surface area contributed by atoms with Gasteiger partial charge in [-0.3, -0.25) is 9.69 Å². The molecular weight excluding hydrogens is 360 g/mol. The normalized spacial score (nSPS) is 16.3. The van der Waals surface area contributed by atoms with Gasteiger partial charge in [0.1, 0.15) is 18.1 Å². The van der Waals surface area contributed by atoms with E-state index in [0.717, 1.165) is 4.47 Å². The second-order valence-corrected chi connectivity index (χ2v) is 5.50. The van der Waals surface area contributed by atoms with E-state index >= 15 is 0 Å². The van der Waals surface area contributed by atoms with Crippen molar-refractivity contribution in [1.29, 1.82) is 0 Å². The maximum atomic E-state index is 11.9. The third-order valence-corrected chi connectivity index (χ3v) is 3.57. The monoisotopic (exact) mass is 369 g/mol. The fourth-order valence-electron chi connectivity index (χ4n) is 1.68. The van der Waals surface area contributed by atoms with Crippen molar-refractivity contribution in [3.63, 3.8) is 0 Å². The number of nitrogens with one attached hydrogen (secondary N) is 1. The number of carboxylic acid groups (broad SMARTS) is 1. The van der Waals surface area contributed by atoms with Gasteiger partial charge in [-0.2, -0.15) is 0 Å². The molecule has 0 bridgehead atoms. The zero-order valence-corrected chi connectivity index (χ0v) is 13.3. The third kappa shape index (κ3) is 3.59. The van der Waals surface area contributed by atoms with Crippen LogP contribution in [0.3, 0.4) is 0 Å². The fraction of sp³-hybridized carbons (Fsp3) is 0.154. The summed E-state index contributed by atoms with van der Waals surface area (Å²) in [5.74, 6) is -1.27. The van der Waals surface area contributed by atoms with Crippen LogP contribution in [-0.4, -0.2) is 35.5 Å². The second-order valence-electron chi connectivity index (χ2n) is 4.20. The van der Waals surface area contributed by atoms with E-state index in [0.29, 0.717) is 22.1 Å². The number of rotatable bonds is 4. The number of carboxylic acids is 1. The lowest BCUT2D eigenvalue weighted by Gasteiger charge is -2.10. The Kier molecular flexibility index (Phi) is 4.59. The van der Waals surface area contributed by atoms with E-state index in [1.54, 1.807) is 31.3 Å². The van der Waals surface area contributed by atoms with E-state index < -0.39 is 12.6 Å². The molecule has 8 heteroatoms.